The van der Waals surface area contributed by atoms with Gasteiger partial charge < -0.3 is 14.4 Å². The lowest BCUT2D eigenvalue weighted by Gasteiger charge is -2.18. The number of esters is 1. The maximum absolute atomic E-state index is 11.5. The van der Waals surface area contributed by atoms with Crippen LogP contribution in [-0.4, -0.2) is 50.2 Å². The van der Waals surface area contributed by atoms with Gasteiger partial charge >= 0.3 is 5.97 Å². The van der Waals surface area contributed by atoms with Crippen molar-refractivity contribution in [3.63, 3.8) is 0 Å². The van der Waals surface area contributed by atoms with Gasteiger partial charge in [0.2, 0.25) is 5.91 Å². The van der Waals surface area contributed by atoms with Gasteiger partial charge in [-0.1, -0.05) is 0 Å². The van der Waals surface area contributed by atoms with Gasteiger partial charge in [-0.2, -0.15) is 0 Å². The molecule has 0 atom stereocenters. The molecule has 94 valence electrons. The van der Waals surface area contributed by atoms with Crippen LogP contribution in [0.5, 0.6) is 0 Å². The quantitative estimate of drug-likeness (QED) is 0.458. The van der Waals surface area contributed by atoms with Gasteiger partial charge in [0.05, 0.1) is 13.0 Å². The molecule has 0 aliphatic carbocycles. The van der Waals surface area contributed by atoms with Crippen LogP contribution in [0, 0.1) is 0 Å². The molecule has 1 amide bonds. The summed E-state index contributed by atoms with van der Waals surface area (Å²) in [6.07, 6.45) is 0.354. The van der Waals surface area contributed by atoms with E-state index in [1.807, 2.05) is 13.8 Å². The van der Waals surface area contributed by atoms with E-state index in [1.165, 1.54) is 7.11 Å². The van der Waals surface area contributed by atoms with Gasteiger partial charge in [0.25, 0.3) is 0 Å². The molecule has 0 spiro atoms. The summed E-state index contributed by atoms with van der Waals surface area (Å²) in [7, 11) is 1.54. The zero-order valence-corrected chi connectivity index (χ0v) is 10.3. The van der Waals surface area contributed by atoms with E-state index in [0.29, 0.717) is 19.7 Å². The van der Waals surface area contributed by atoms with E-state index in [9.17, 15) is 9.59 Å². The van der Waals surface area contributed by atoms with Gasteiger partial charge in [-0.15, -0.1) is 0 Å². The van der Waals surface area contributed by atoms with Crippen molar-refractivity contribution in [3.8, 4) is 0 Å². The predicted molar refractivity (Wildman–Crippen MR) is 60.0 cm³/mol. The normalized spacial score (nSPS) is 9.94. The molecule has 0 rings (SSSR count). The number of hydrogen-bond acceptors (Lipinski definition) is 4. The van der Waals surface area contributed by atoms with Crippen molar-refractivity contribution in [2.24, 2.45) is 0 Å². The van der Waals surface area contributed by atoms with E-state index >= 15 is 0 Å². The molecule has 0 aromatic rings. The van der Waals surface area contributed by atoms with Crippen molar-refractivity contribution in [1.29, 1.82) is 0 Å². The van der Waals surface area contributed by atoms with Crippen molar-refractivity contribution >= 4 is 11.9 Å². The first-order valence-electron chi connectivity index (χ1n) is 5.58. The standard InChI is InChI=1S/C11H21NO4/c1-4-12(5-2)10(13)6-7-11(14)16-9-8-15-3/h4-9H2,1-3H3. The molecule has 0 aliphatic rings. The summed E-state index contributed by atoms with van der Waals surface area (Å²) in [5.74, 6) is -0.355. The number of nitrogens with zero attached hydrogens (tertiary/aromatic N) is 1. The van der Waals surface area contributed by atoms with E-state index < -0.39 is 0 Å². The van der Waals surface area contributed by atoms with Crippen molar-refractivity contribution < 1.29 is 19.1 Å². The van der Waals surface area contributed by atoms with Crippen LogP contribution in [-0.2, 0) is 19.1 Å². The number of carbonyl (C=O) groups is 2. The Balaban J connectivity index is 3.70. The fourth-order valence-corrected chi connectivity index (χ4v) is 1.25. The minimum Gasteiger partial charge on any atom is -0.463 e. The van der Waals surface area contributed by atoms with E-state index in [-0.39, 0.29) is 31.3 Å². The maximum Gasteiger partial charge on any atom is 0.306 e. The van der Waals surface area contributed by atoms with Crippen LogP contribution in [0.3, 0.4) is 0 Å². The van der Waals surface area contributed by atoms with Gasteiger partial charge in [-0.3, -0.25) is 9.59 Å². The van der Waals surface area contributed by atoms with Crippen LogP contribution in [0.1, 0.15) is 26.7 Å². The lowest BCUT2D eigenvalue weighted by molar-refractivity contribution is -0.147. The summed E-state index contributed by atoms with van der Waals surface area (Å²) in [6.45, 7) is 5.81. The lowest BCUT2D eigenvalue weighted by Crippen LogP contribution is -2.30. The number of hydrogen-bond donors (Lipinski definition) is 0. The average molecular weight is 231 g/mol. The van der Waals surface area contributed by atoms with Gasteiger partial charge in [0.1, 0.15) is 6.61 Å². The fraction of sp³-hybridized carbons (Fsp3) is 0.818. The molecule has 5 heteroatoms. The molecule has 0 saturated heterocycles. The van der Waals surface area contributed by atoms with Crippen molar-refractivity contribution in [3.05, 3.63) is 0 Å². The zero-order valence-electron chi connectivity index (χ0n) is 10.3. The molecule has 5 nitrogen and oxygen atoms in total. The Morgan fingerprint density at radius 1 is 1.06 bits per heavy atom. The first kappa shape index (κ1) is 14.9. The summed E-state index contributed by atoms with van der Waals surface area (Å²) >= 11 is 0. The molecule has 0 heterocycles. The summed E-state index contributed by atoms with van der Waals surface area (Å²) in [6, 6.07) is 0. The molecule has 0 aromatic heterocycles. The molecule has 0 aromatic carbocycles. The third kappa shape index (κ3) is 6.40. The minimum absolute atomic E-state index is 0.00584. The van der Waals surface area contributed by atoms with Gasteiger partial charge in [0.15, 0.2) is 0 Å². The number of methoxy groups -OCH3 is 1. The summed E-state index contributed by atoms with van der Waals surface area (Å²) in [5, 5.41) is 0. The van der Waals surface area contributed by atoms with E-state index in [1.54, 1.807) is 4.90 Å². The Hall–Kier alpha value is -1.10. The largest absolute Gasteiger partial charge is 0.463 e. The topological polar surface area (TPSA) is 55.8 Å². The minimum atomic E-state index is -0.349. The Morgan fingerprint density at radius 3 is 2.19 bits per heavy atom. The molecule has 16 heavy (non-hydrogen) atoms. The van der Waals surface area contributed by atoms with Crippen LogP contribution in [0.4, 0.5) is 0 Å². The molecule has 0 bridgehead atoms. The highest BCUT2D eigenvalue weighted by atomic mass is 16.6. The Labute approximate surface area is 96.7 Å². The molecule has 0 fully saturated rings. The molecular formula is C11H21NO4. The number of carbonyl (C=O) groups excluding carboxylic acids is 2. The van der Waals surface area contributed by atoms with Crippen LogP contribution in [0.25, 0.3) is 0 Å². The highest BCUT2D eigenvalue weighted by molar-refractivity contribution is 5.81. The monoisotopic (exact) mass is 231 g/mol. The number of amides is 1. The van der Waals surface area contributed by atoms with E-state index in [4.69, 9.17) is 9.47 Å². The second-order valence-corrected chi connectivity index (χ2v) is 3.28. The van der Waals surface area contributed by atoms with Gasteiger partial charge in [-0.05, 0) is 13.8 Å². The SMILES string of the molecule is CCN(CC)C(=O)CCC(=O)OCCOC. The Bertz CT molecular complexity index is 214. The van der Waals surface area contributed by atoms with Crippen molar-refractivity contribution in [1.82, 2.24) is 4.90 Å². The molecule has 0 unspecified atom stereocenters. The molecule has 0 radical (unpaired) electrons. The van der Waals surface area contributed by atoms with Crippen LogP contribution in [0.15, 0.2) is 0 Å². The van der Waals surface area contributed by atoms with Crippen molar-refractivity contribution in [2.45, 2.75) is 26.7 Å². The summed E-state index contributed by atoms with van der Waals surface area (Å²) < 4.78 is 9.58. The highest BCUT2D eigenvalue weighted by Gasteiger charge is 2.12. The highest BCUT2D eigenvalue weighted by Crippen LogP contribution is 1.99. The first-order chi connectivity index (χ1) is 7.65. The number of ether oxygens (including phenoxy) is 2. The second-order valence-electron chi connectivity index (χ2n) is 3.28. The van der Waals surface area contributed by atoms with Crippen LogP contribution in [0.2, 0.25) is 0 Å². The number of rotatable bonds is 8. The maximum atomic E-state index is 11.5. The molecule has 0 saturated carbocycles. The molecular weight excluding hydrogens is 210 g/mol. The zero-order chi connectivity index (χ0) is 12.4. The van der Waals surface area contributed by atoms with Gasteiger partial charge in [0, 0.05) is 26.6 Å². The van der Waals surface area contributed by atoms with E-state index in [0.717, 1.165) is 0 Å². The Kier molecular flexibility index (Phi) is 8.52. The van der Waals surface area contributed by atoms with Crippen LogP contribution >= 0.6 is 0 Å². The Morgan fingerprint density at radius 2 is 1.69 bits per heavy atom. The summed E-state index contributed by atoms with van der Waals surface area (Å²) in [4.78, 5) is 24.4. The third-order valence-corrected chi connectivity index (χ3v) is 2.21. The lowest BCUT2D eigenvalue weighted by atomic mass is 10.3. The smallest absolute Gasteiger partial charge is 0.306 e. The average Bonchev–Trinajstić information content (AvgIpc) is 2.28. The van der Waals surface area contributed by atoms with Gasteiger partial charge in [-0.25, -0.2) is 0 Å². The van der Waals surface area contributed by atoms with Crippen molar-refractivity contribution in [2.75, 3.05) is 33.4 Å². The second kappa shape index (κ2) is 9.15. The first-order valence-corrected chi connectivity index (χ1v) is 5.58. The predicted octanol–water partition coefficient (Wildman–Crippen LogP) is 0.825. The fourth-order valence-electron chi connectivity index (χ4n) is 1.25. The summed E-state index contributed by atoms with van der Waals surface area (Å²) in [5.41, 5.74) is 0. The van der Waals surface area contributed by atoms with E-state index in [2.05, 4.69) is 0 Å². The molecule has 0 N–H and O–H groups in total. The van der Waals surface area contributed by atoms with Crippen LogP contribution < -0.4 is 0 Å². The molecule has 0 aliphatic heterocycles. The third-order valence-electron chi connectivity index (χ3n) is 2.21.